The van der Waals surface area contributed by atoms with Gasteiger partial charge >= 0.3 is 0 Å². The normalized spacial score (nSPS) is 12.6. The number of carbonyl (C=O) groups is 2. The highest BCUT2D eigenvalue weighted by Crippen LogP contribution is 2.34. The Kier molecular flexibility index (Phi) is 6.38. The minimum absolute atomic E-state index is 0.0224. The van der Waals surface area contributed by atoms with Gasteiger partial charge in [-0.05, 0) is 41.1 Å². The Morgan fingerprint density at radius 3 is 2.67 bits per heavy atom. The van der Waals surface area contributed by atoms with Gasteiger partial charge in [0.15, 0.2) is 11.5 Å². The van der Waals surface area contributed by atoms with Crippen molar-refractivity contribution in [2.45, 2.75) is 13.5 Å². The maximum absolute atomic E-state index is 12.8. The molecule has 3 rings (SSSR count). The fourth-order valence-corrected chi connectivity index (χ4v) is 4.21. The molecule has 0 spiro atoms. The van der Waals surface area contributed by atoms with Crippen molar-refractivity contribution in [2.24, 2.45) is 0 Å². The Balaban J connectivity index is 1.67. The van der Waals surface area contributed by atoms with Crippen LogP contribution in [0.5, 0.6) is 11.5 Å². The Hall–Kier alpha value is -2.06. The Morgan fingerprint density at radius 1 is 1.19 bits per heavy atom. The number of nitrogens with zero attached hydrogens (tertiary/aromatic N) is 2. The molecule has 2 heterocycles. The summed E-state index contributed by atoms with van der Waals surface area (Å²) in [6.07, 6.45) is 0. The van der Waals surface area contributed by atoms with Crippen molar-refractivity contribution in [3.8, 4) is 11.5 Å². The standard InChI is InChI=1S/C19H21BrN2O4S/c1-3-22(11-13-5-4-6-14-18(13)26-10-9-25-14)17(23)12-21(2)19(24)15-7-8-16(20)27-15/h4-8H,3,9-12H2,1-2H3. The first-order valence-electron chi connectivity index (χ1n) is 8.65. The second kappa shape index (κ2) is 8.75. The Bertz CT molecular complexity index is 839. The molecule has 0 saturated heterocycles. The number of para-hydroxylation sites is 1. The van der Waals surface area contributed by atoms with Gasteiger partial charge in [-0.3, -0.25) is 9.59 Å². The first kappa shape index (κ1) is 19.7. The van der Waals surface area contributed by atoms with Gasteiger partial charge in [0.25, 0.3) is 5.91 Å². The number of hydrogen-bond acceptors (Lipinski definition) is 5. The lowest BCUT2D eigenvalue weighted by Gasteiger charge is -2.27. The van der Waals surface area contributed by atoms with Crippen LogP contribution in [0.15, 0.2) is 34.1 Å². The first-order valence-corrected chi connectivity index (χ1v) is 10.3. The lowest BCUT2D eigenvalue weighted by molar-refractivity contribution is -0.132. The van der Waals surface area contributed by atoms with Crippen molar-refractivity contribution in [1.82, 2.24) is 9.80 Å². The molecule has 2 amide bonds. The number of likely N-dealkylation sites (N-methyl/N-ethyl adjacent to an activating group) is 2. The van der Waals surface area contributed by atoms with Crippen molar-refractivity contribution in [3.63, 3.8) is 0 Å². The summed E-state index contributed by atoms with van der Waals surface area (Å²) in [7, 11) is 1.64. The van der Waals surface area contributed by atoms with E-state index in [9.17, 15) is 9.59 Å². The van der Waals surface area contributed by atoms with E-state index in [1.54, 1.807) is 18.0 Å². The fourth-order valence-electron chi connectivity index (χ4n) is 2.83. The van der Waals surface area contributed by atoms with Crippen molar-refractivity contribution in [3.05, 3.63) is 44.6 Å². The van der Waals surface area contributed by atoms with Crippen molar-refractivity contribution in [1.29, 1.82) is 0 Å². The minimum atomic E-state index is -0.163. The zero-order valence-electron chi connectivity index (χ0n) is 15.2. The SMILES string of the molecule is CCN(Cc1cccc2c1OCCO2)C(=O)CN(C)C(=O)c1ccc(Br)s1. The van der Waals surface area contributed by atoms with Crippen LogP contribution in [0.25, 0.3) is 0 Å². The van der Waals surface area contributed by atoms with Crippen LogP contribution in [0.1, 0.15) is 22.2 Å². The number of fused-ring (bicyclic) bond motifs is 1. The molecule has 0 unspecified atom stereocenters. The van der Waals surface area contributed by atoms with Crippen LogP contribution < -0.4 is 9.47 Å². The smallest absolute Gasteiger partial charge is 0.264 e. The average molecular weight is 453 g/mol. The summed E-state index contributed by atoms with van der Waals surface area (Å²) in [6.45, 7) is 3.91. The van der Waals surface area contributed by atoms with Gasteiger partial charge in [0, 0.05) is 25.7 Å². The molecule has 0 N–H and O–H groups in total. The van der Waals surface area contributed by atoms with Gasteiger partial charge in [-0.15, -0.1) is 11.3 Å². The van der Waals surface area contributed by atoms with Crippen LogP contribution in [0, 0.1) is 0 Å². The Labute approximate surface area is 170 Å². The topological polar surface area (TPSA) is 59.1 Å². The van der Waals surface area contributed by atoms with Crippen LogP contribution in [0.3, 0.4) is 0 Å². The molecule has 144 valence electrons. The zero-order valence-corrected chi connectivity index (χ0v) is 17.6. The molecule has 1 aromatic heterocycles. The van der Waals surface area contributed by atoms with Crippen LogP contribution in [-0.4, -0.2) is 55.0 Å². The number of ether oxygens (including phenoxy) is 2. The van der Waals surface area contributed by atoms with E-state index in [0.29, 0.717) is 42.7 Å². The predicted molar refractivity (Wildman–Crippen MR) is 108 cm³/mol. The van der Waals surface area contributed by atoms with Crippen LogP contribution in [0.2, 0.25) is 0 Å². The molecule has 0 saturated carbocycles. The first-order chi connectivity index (χ1) is 13.0. The summed E-state index contributed by atoms with van der Waals surface area (Å²) >= 11 is 4.71. The minimum Gasteiger partial charge on any atom is -0.486 e. The summed E-state index contributed by atoms with van der Waals surface area (Å²) in [5, 5.41) is 0. The molecular formula is C19H21BrN2O4S. The number of amides is 2. The summed E-state index contributed by atoms with van der Waals surface area (Å²) < 4.78 is 12.2. The molecule has 27 heavy (non-hydrogen) atoms. The molecule has 8 heteroatoms. The van der Waals surface area contributed by atoms with E-state index in [-0.39, 0.29) is 18.4 Å². The van der Waals surface area contributed by atoms with Gasteiger partial charge in [0.2, 0.25) is 5.91 Å². The molecule has 0 atom stereocenters. The van der Waals surface area contributed by atoms with E-state index < -0.39 is 0 Å². The van der Waals surface area contributed by atoms with Crippen LogP contribution >= 0.6 is 27.3 Å². The largest absolute Gasteiger partial charge is 0.486 e. The second-order valence-corrected chi connectivity index (χ2v) is 8.58. The number of carbonyl (C=O) groups excluding carboxylic acids is 2. The van der Waals surface area contributed by atoms with Crippen molar-refractivity contribution < 1.29 is 19.1 Å². The maximum atomic E-state index is 12.8. The number of benzene rings is 1. The second-order valence-electron chi connectivity index (χ2n) is 6.11. The van der Waals surface area contributed by atoms with Gasteiger partial charge in [0.1, 0.15) is 13.2 Å². The molecule has 1 aliphatic heterocycles. The molecule has 0 aliphatic carbocycles. The highest BCUT2D eigenvalue weighted by Gasteiger charge is 2.22. The van der Waals surface area contributed by atoms with Gasteiger partial charge in [-0.25, -0.2) is 0 Å². The third kappa shape index (κ3) is 4.62. The summed E-state index contributed by atoms with van der Waals surface area (Å²) in [5.74, 6) is 1.13. The molecule has 1 aliphatic rings. The molecular weight excluding hydrogens is 432 g/mol. The number of hydrogen-bond donors (Lipinski definition) is 0. The van der Waals surface area contributed by atoms with Gasteiger partial charge in [-0.1, -0.05) is 12.1 Å². The van der Waals surface area contributed by atoms with E-state index in [1.807, 2.05) is 31.2 Å². The molecule has 0 bridgehead atoms. The van der Waals surface area contributed by atoms with Crippen molar-refractivity contribution in [2.75, 3.05) is 33.4 Å². The molecule has 0 fully saturated rings. The monoisotopic (exact) mass is 452 g/mol. The van der Waals surface area contributed by atoms with E-state index in [4.69, 9.17) is 9.47 Å². The maximum Gasteiger partial charge on any atom is 0.264 e. The van der Waals surface area contributed by atoms with E-state index >= 15 is 0 Å². The van der Waals surface area contributed by atoms with E-state index in [1.165, 1.54) is 16.2 Å². The lowest BCUT2D eigenvalue weighted by atomic mass is 10.1. The lowest BCUT2D eigenvalue weighted by Crippen LogP contribution is -2.40. The van der Waals surface area contributed by atoms with E-state index in [2.05, 4.69) is 15.9 Å². The summed E-state index contributed by atoms with van der Waals surface area (Å²) in [4.78, 5) is 29.0. The predicted octanol–water partition coefficient (Wildman–Crippen LogP) is 3.40. The number of rotatable bonds is 6. The fraction of sp³-hybridized carbons (Fsp3) is 0.368. The van der Waals surface area contributed by atoms with E-state index in [0.717, 1.165) is 9.35 Å². The molecule has 1 aromatic carbocycles. The highest BCUT2D eigenvalue weighted by molar-refractivity contribution is 9.11. The van der Waals surface area contributed by atoms with Crippen LogP contribution in [0.4, 0.5) is 0 Å². The summed E-state index contributed by atoms with van der Waals surface area (Å²) in [5.41, 5.74) is 0.901. The van der Waals surface area contributed by atoms with Crippen molar-refractivity contribution >= 4 is 39.1 Å². The third-order valence-electron chi connectivity index (χ3n) is 4.25. The molecule has 6 nitrogen and oxygen atoms in total. The van der Waals surface area contributed by atoms with Gasteiger partial charge in [0.05, 0.1) is 15.2 Å². The van der Waals surface area contributed by atoms with Crippen LogP contribution in [-0.2, 0) is 11.3 Å². The van der Waals surface area contributed by atoms with Gasteiger partial charge in [-0.2, -0.15) is 0 Å². The highest BCUT2D eigenvalue weighted by atomic mass is 79.9. The quantitative estimate of drug-likeness (QED) is 0.673. The summed E-state index contributed by atoms with van der Waals surface area (Å²) in [6, 6.07) is 9.27. The molecule has 0 radical (unpaired) electrons. The zero-order chi connectivity index (χ0) is 19.4. The van der Waals surface area contributed by atoms with Gasteiger partial charge < -0.3 is 19.3 Å². The number of halogens is 1. The third-order valence-corrected chi connectivity index (χ3v) is 5.86. The average Bonchev–Trinajstić information content (AvgIpc) is 3.11. The number of thiophene rings is 1. The Morgan fingerprint density at radius 2 is 1.96 bits per heavy atom. The molecule has 2 aromatic rings.